The minimum absolute atomic E-state index is 0.0425. The Labute approximate surface area is 150 Å². The molecule has 0 saturated heterocycles. The van der Waals surface area contributed by atoms with Crippen molar-refractivity contribution < 1.29 is 14.7 Å². The van der Waals surface area contributed by atoms with Gasteiger partial charge in [0, 0.05) is 10.2 Å². The first kappa shape index (κ1) is 18.2. The Balaban J connectivity index is 2.30. The fraction of sp³-hybridized carbons (Fsp3) is 0.263. The summed E-state index contributed by atoms with van der Waals surface area (Å²) in [7, 11) is 0. The zero-order valence-electron chi connectivity index (χ0n) is 13.9. The van der Waals surface area contributed by atoms with Crippen LogP contribution in [0.25, 0.3) is 0 Å². The van der Waals surface area contributed by atoms with Gasteiger partial charge in [-0.15, -0.1) is 0 Å². The molecule has 0 fully saturated rings. The van der Waals surface area contributed by atoms with E-state index in [2.05, 4.69) is 36.7 Å². The van der Waals surface area contributed by atoms with Crippen molar-refractivity contribution in [3.8, 4) is 0 Å². The van der Waals surface area contributed by atoms with Gasteiger partial charge >= 0.3 is 11.9 Å². The molecule has 126 valence electrons. The number of carbonyl (C=O) groups excluding carboxylic acids is 1. The number of amides is 1. The van der Waals surface area contributed by atoms with Crippen LogP contribution in [-0.4, -0.2) is 17.0 Å². The lowest BCUT2D eigenvalue weighted by molar-refractivity contribution is -0.148. The van der Waals surface area contributed by atoms with Crippen LogP contribution in [0, 0.1) is 0 Å². The van der Waals surface area contributed by atoms with Crippen LogP contribution in [-0.2, 0) is 21.5 Å². The van der Waals surface area contributed by atoms with Gasteiger partial charge in [-0.3, -0.25) is 9.69 Å². The molecule has 0 aliphatic rings. The topological polar surface area (TPSA) is 57.6 Å². The fourth-order valence-corrected chi connectivity index (χ4v) is 2.57. The first-order valence-corrected chi connectivity index (χ1v) is 8.37. The minimum atomic E-state index is -1.47. The van der Waals surface area contributed by atoms with Crippen LogP contribution < -0.4 is 4.90 Å². The molecule has 0 bridgehead atoms. The summed E-state index contributed by atoms with van der Waals surface area (Å²) >= 11 is 3.33. The Morgan fingerprint density at radius 2 is 1.54 bits per heavy atom. The van der Waals surface area contributed by atoms with Crippen LogP contribution in [0.15, 0.2) is 53.0 Å². The number of halogens is 1. The number of hydrogen-bond donors (Lipinski definition) is 1. The van der Waals surface area contributed by atoms with E-state index in [1.807, 2.05) is 24.3 Å². The lowest BCUT2D eigenvalue weighted by Crippen LogP contribution is -2.36. The Bertz CT molecular complexity index is 731. The maximum absolute atomic E-state index is 12.1. The molecule has 2 aromatic carbocycles. The molecule has 0 unspecified atom stereocenters. The molecule has 2 rings (SSSR count). The van der Waals surface area contributed by atoms with Gasteiger partial charge < -0.3 is 5.11 Å². The first-order valence-electron chi connectivity index (χ1n) is 7.58. The minimum Gasteiger partial charge on any atom is -0.474 e. The van der Waals surface area contributed by atoms with Gasteiger partial charge in [-0.05, 0) is 40.8 Å². The van der Waals surface area contributed by atoms with Gasteiger partial charge in [0.25, 0.3) is 0 Å². The van der Waals surface area contributed by atoms with E-state index >= 15 is 0 Å². The largest absolute Gasteiger partial charge is 0.474 e. The van der Waals surface area contributed by atoms with Gasteiger partial charge in [-0.1, -0.05) is 61.0 Å². The maximum atomic E-state index is 12.1. The third-order valence-corrected chi connectivity index (χ3v) is 4.26. The van der Waals surface area contributed by atoms with Crippen molar-refractivity contribution in [1.29, 1.82) is 0 Å². The molecule has 0 aliphatic heterocycles. The van der Waals surface area contributed by atoms with Crippen molar-refractivity contribution in [2.45, 2.75) is 32.7 Å². The third-order valence-electron chi connectivity index (χ3n) is 3.73. The van der Waals surface area contributed by atoms with Gasteiger partial charge in [-0.25, -0.2) is 4.79 Å². The number of nitrogens with zero attached hydrogens (tertiary/aromatic N) is 1. The SMILES string of the molecule is CC(C)(C)c1ccc(CN(C(=O)C(=O)O)c2ccc(Br)cc2)cc1. The molecule has 0 aliphatic carbocycles. The number of rotatable bonds is 3. The van der Waals surface area contributed by atoms with Crippen LogP contribution >= 0.6 is 15.9 Å². The smallest absolute Gasteiger partial charge is 0.394 e. The summed E-state index contributed by atoms with van der Waals surface area (Å²) < 4.78 is 0.864. The number of hydrogen-bond acceptors (Lipinski definition) is 2. The van der Waals surface area contributed by atoms with E-state index in [9.17, 15) is 9.59 Å². The van der Waals surface area contributed by atoms with E-state index in [-0.39, 0.29) is 12.0 Å². The second-order valence-electron chi connectivity index (χ2n) is 6.62. The Morgan fingerprint density at radius 3 is 2.00 bits per heavy atom. The zero-order valence-corrected chi connectivity index (χ0v) is 15.5. The normalized spacial score (nSPS) is 11.2. The summed E-state index contributed by atoms with van der Waals surface area (Å²) in [5.74, 6) is -2.42. The average Bonchev–Trinajstić information content (AvgIpc) is 2.52. The molecule has 2 aromatic rings. The molecule has 0 spiro atoms. The zero-order chi connectivity index (χ0) is 17.9. The second kappa shape index (κ2) is 7.18. The number of aliphatic carboxylic acids is 1. The number of carboxylic acids is 1. The van der Waals surface area contributed by atoms with Crippen molar-refractivity contribution in [2.75, 3.05) is 4.90 Å². The summed E-state index contributed by atoms with van der Waals surface area (Å²) in [5, 5.41) is 9.10. The summed E-state index contributed by atoms with van der Waals surface area (Å²) in [4.78, 5) is 24.5. The van der Waals surface area contributed by atoms with Crippen molar-refractivity contribution in [3.05, 3.63) is 64.1 Å². The number of benzene rings is 2. The molecule has 1 amide bonds. The maximum Gasteiger partial charge on any atom is 0.394 e. The molecule has 0 heterocycles. The highest BCUT2D eigenvalue weighted by atomic mass is 79.9. The van der Waals surface area contributed by atoms with Crippen molar-refractivity contribution >= 4 is 33.5 Å². The van der Waals surface area contributed by atoms with E-state index in [1.54, 1.807) is 24.3 Å². The molecule has 0 saturated carbocycles. The van der Waals surface area contributed by atoms with Crippen LogP contribution in [0.5, 0.6) is 0 Å². The van der Waals surface area contributed by atoms with Crippen LogP contribution in [0.1, 0.15) is 31.9 Å². The summed E-state index contributed by atoms with van der Waals surface area (Å²) in [6.45, 7) is 6.59. The Hall–Kier alpha value is -2.14. The lowest BCUT2D eigenvalue weighted by Gasteiger charge is -2.23. The highest BCUT2D eigenvalue weighted by molar-refractivity contribution is 9.10. The van der Waals surface area contributed by atoms with E-state index < -0.39 is 11.9 Å². The molecule has 0 radical (unpaired) electrons. The van der Waals surface area contributed by atoms with Crippen LogP contribution in [0.4, 0.5) is 5.69 Å². The highest BCUT2D eigenvalue weighted by Crippen LogP contribution is 2.24. The third kappa shape index (κ3) is 4.45. The van der Waals surface area contributed by atoms with Crippen LogP contribution in [0.2, 0.25) is 0 Å². The summed E-state index contributed by atoms with van der Waals surface area (Å²) in [6, 6.07) is 14.9. The molecular formula is C19H20BrNO3. The monoisotopic (exact) mass is 389 g/mol. The van der Waals surface area contributed by atoms with Gasteiger partial charge in [-0.2, -0.15) is 0 Å². The molecule has 1 N–H and O–H groups in total. The van der Waals surface area contributed by atoms with Gasteiger partial charge in [0.15, 0.2) is 0 Å². The van der Waals surface area contributed by atoms with Gasteiger partial charge in [0.1, 0.15) is 0 Å². The number of anilines is 1. The predicted octanol–water partition coefficient (Wildman–Crippen LogP) is 4.36. The summed E-state index contributed by atoms with van der Waals surface area (Å²) in [6.07, 6.45) is 0. The Morgan fingerprint density at radius 1 is 1.00 bits per heavy atom. The molecule has 0 aromatic heterocycles. The first-order chi connectivity index (χ1) is 11.2. The van der Waals surface area contributed by atoms with E-state index in [0.29, 0.717) is 5.69 Å². The number of carbonyl (C=O) groups is 2. The standard InChI is InChI=1S/C19H20BrNO3/c1-19(2,3)14-6-4-13(5-7-14)12-21(17(22)18(23)24)16-10-8-15(20)9-11-16/h4-11H,12H2,1-3H3,(H,23,24). The van der Waals surface area contributed by atoms with Crippen LogP contribution in [0.3, 0.4) is 0 Å². The van der Waals surface area contributed by atoms with Gasteiger partial charge in [0.05, 0.1) is 6.54 Å². The predicted molar refractivity (Wildman–Crippen MR) is 98.1 cm³/mol. The van der Waals surface area contributed by atoms with Crippen molar-refractivity contribution in [2.24, 2.45) is 0 Å². The van der Waals surface area contributed by atoms with Crippen molar-refractivity contribution in [3.63, 3.8) is 0 Å². The molecule has 5 heteroatoms. The molecular weight excluding hydrogens is 370 g/mol. The Kier molecular flexibility index (Phi) is 5.44. The fourth-order valence-electron chi connectivity index (χ4n) is 2.31. The lowest BCUT2D eigenvalue weighted by atomic mass is 9.87. The molecule has 24 heavy (non-hydrogen) atoms. The van der Waals surface area contributed by atoms with E-state index in [1.165, 1.54) is 10.5 Å². The summed E-state index contributed by atoms with van der Waals surface area (Å²) in [5.41, 5.74) is 2.65. The average molecular weight is 390 g/mol. The highest BCUT2D eigenvalue weighted by Gasteiger charge is 2.23. The number of carboxylic acid groups (broad SMARTS) is 1. The quantitative estimate of drug-likeness (QED) is 0.793. The molecule has 0 atom stereocenters. The van der Waals surface area contributed by atoms with Gasteiger partial charge in [0.2, 0.25) is 0 Å². The molecule has 4 nitrogen and oxygen atoms in total. The second-order valence-corrected chi connectivity index (χ2v) is 7.54. The van der Waals surface area contributed by atoms with E-state index in [0.717, 1.165) is 10.0 Å². The van der Waals surface area contributed by atoms with Crippen molar-refractivity contribution in [1.82, 2.24) is 0 Å². The van der Waals surface area contributed by atoms with E-state index in [4.69, 9.17) is 5.11 Å².